The van der Waals surface area contributed by atoms with Crippen molar-refractivity contribution in [3.05, 3.63) is 94.5 Å². The maximum atomic E-state index is 13.5. The molecule has 3 rings (SSSR count). The predicted octanol–water partition coefficient (Wildman–Crippen LogP) is 3.53. The molecular formula is C28H30N4O5. The van der Waals surface area contributed by atoms with E-state index in [1.807, 2.05) is 56.3 Å². The van der Waals surface area contributed by atoms with Crippen LogP contribution in [0.25, 0.3) is 0 Å². The number of benzene rings is 3. The van der Waals surface area contributed by atoms with Gasteiger partial charge in [0.2, 0.25) is 5.91 Å². The van der Waals surface area contributed by atoms with Gasteiger partial charge in [0, 0.05) is 30.3 Å². The third-order valence-electron chi connectivity index (χ3n) is 5.43. The highest BCUT2D eigenvalue weighted by molar-refractivity contribution is 5.95. The van der Waals surface area contributed by atoms with Crippen LogP contribution < -0.4 is 21.1 Å². The number of ether oxygens (including phenoxy) is 2. The number of nitrogens with two attached hydrogens (primary N) is 1. The van der Waals surface area contributed by atoms with Crippen molar-refractivity contribution in [1.29, 1.82) is 5.41 Å². The summed E-state index contributed by atoms with van der Waals surface area (Å²) in [5, 5.41) is 13.8. The molecule has 0 aliphatic heterocycles. The van der Waals surface area contributed by atoms with Crippen LogP contribution in [0.15, 0.2) is 66.7 Å². The smallest absolute Gasteiger partial charge is 0.351 e. The summed E-state index contributed by atoms with van der Waals surface area (Å²) in [5.41, 5.74) is 9.77. The third kappa shape index (κ3) is 7.66. The van der Waals surface area contributed by atoms with Gasteiger partial charge in [-0.05, 0) is 55.3 Å². The second-order valence-electron chi connectivity index (χ2n) is 8.53. The second-order valence-corrected chi connectivity index (χ2v) is 8.53. The number of nitrogen functional groups attached to an aromatic ring is 1. The Bertz CT molecular complexity index is 1290. The molecule has 0 aliphatic rings. The number of carbonyl (C=O) groups excluding carboxylic acids is 3. The molecule has 1 atom stereocenters. The number of amides is 1. The van der Waals surface area contributed by atoms with Gasteiger partial charge in [0.25, 0.3) is 0 Å². The lowest BCUT2D eigenvalue weighted by Gasteiger charge is -2.24. The lowest BCUT2D eigenvalue weighted by Crippen LogP contribution is -2.33. The highest BCUT2D eigenvalue weighted by Gasteiger charge is 2.26. The van der Waals surface area contributed by atoms with Gasteiger partial charge in [-0.3, -0.25) is 15.0 Å². The largest absolute Gasteiger partial charge is 0.481 e. The van der Waals surface area contributed by atoms with Gasteiger partial charge in [0.05, 0.1) is 0 Å². The molecule has 1 amide bonds. The third-order valence-corrected chi connectivity index (χ3v) is 5.43. The molecule has 0 saturated heterocycles. The standard InChI is InChI=1S/C28H30N4O5/c1-17-13-18(2)26(36-16-24(34)37-19(3)33)23(14-17)25(28(35)31-15-20-7-5-4-6-8-20)32-22-11-9-21(10-12-22)27(29)30/h4-14,25,32H,15-16H2,1-3H3,(H3,29,30)(H,31,35). The second kappa shape index (κ2) is 12.3. The summed E-state index contributed by atoms with van der Waals surface area (Å²) in [6.07, 6.45) is 0. The molecule has 0 spiro atoms. The van der Waals surface area contributed by atoms with E-state index in [2.05, 4.69) is 15.4 Å². The van der Waals surface area contributed by atoms with Gasteiger partial charge in [-0.2, -0.15) is 0 Å². The number of nitrogens with one attached hydrogen (secondary N) is 3. The minimum absolute atomic E-state index is 0.0638. The zero-order chi connectivity index (χ0) is 26.9. The Morgan fingerprint density at radius 3 is 2.30 bits per heavy atom. The van der Waals surface area contributed by atoms with Crippen LogP contribution in [0.3, 0.4) is 0 Å². The number of carbonyl (C=O) groups is 3. The zero-order valence-electron chi connectivity index (χ0n) is 21.0. The van der Waals surface area contributed by atoms with Crippen molar-refractivity contribution >= 4 is 29.4 Å². The van der Waals surface area contributed by atoms with Gasteiger partial charge in [0.15, 0.2) is 6.61 Å². The number of esters is 2. The number of amidine groups is 1. The van der Waals surface area contributed by atoms with Crippen molar-refractivity contribution in [1.82, 2.24) is 5.32 Å². The van der Waals surface area contributed by atoms with Crippen LogP contribution in [0, 0.1) is 19.3 Å². The Labute approximate surface area is 215 Å². The van der Waals surface area contributed by atoms with Crippen LogP contribution in [-0.2, 0) is 25.7 Å². The summed E-state index contributed by atoms with van der Waals surface area (Å²) >= 11 is 0. The fourth-order valence-electron chi connectivity index (χ4n) is 3.80. The molecule has 1 unspecified atom stereocenters. The molecule has 0 fully saturated rings. The van der Waals surface area contributed by atoms with E-state index in [-0.39, 0.29) is 11.7 Å². The lowest BCUT2D eigenvalue weighted by atomic mass is 9.98. The van der Waals surface area contributed by atoms with Gasteiger partial charge in [-0.25, -0.2) is 4.79 Å². The summed E-state index contributed by atoms with van der Waals surface area (Å²) in [6.45, 7) is 4.65. The molecule has 9 nitrogen and oxygen atoms in total. The average molecular weight is 503 g/mol. The fourth-order valence-corrected chi connectivity index (χ4v) is 3.80. The van der Waals surface area contributed by atoms with Crippen LogP contribution in [0.2, 0.25) is 0 Å². The van der Waals surface area contributed by atoms with Crippen LogP contribution in [0.1, 0.15) is 40.8 Å². The van der Waals surface area contributed by atoms with Crippen molar-refractivity contribution in [2.45, 2.75) is 33.4 Å². The van der Waals surface area contributed by atoms with Gasteiger partial charge >= 0.3 is 11.9 Å². The lowest BCUT2D eigenvalue weighted by molar-refractivity contribution is -0.159. The topological polar surface area (TPSA) is 144 Å². The first-order valence-electron chi connectivity index (χ1n) is 11.6. The summed E-state index contributed by atoms with van der Waals surface area (Å²) < 4.78 is 10.3. The molecule has 0 bridgehead atoms. The highest BCUT2D eigenvalue weighted by Crippen LogP contribution is 2.33. The molecule has 37 heavy (non-hydrogen) atoms. The molecular weight excluding hydrogens is 472 g/mol. The van der Waals surface area contributed by atoms with Crippen molar-refractivity contribution in [2.75, 3.05) is 11.9 Å². The minimum atomic E-state index is -0.899. The number of aryl methyl sites for hydroxylation is 2. The van der Waals surface area contributed by atoms with E-state index in [1.165, 1.54) is 0 Å². The summed E-state index contributed by atoms with van der Waals surface area (Å²) in [4.78, 5) is 36.6. The summed E-state index contributed by atoms with van der Waals surface area (Å²) in [6, 6.07) is 19.1. The first-order valence-corrected chi connectivity index (χ1v) is 11.6. The molecule has 0 saturated carbocycles. The fraction of sp³-hybridized carbons (Fsp3) is 0.214. The maximum absolute atomic E-state index is 13.5. The molecule has 3 aromatic carbocycles. The van der Waals surface area contributed by atoms with Crippen molar-refractivity contribution in [3.8, 4) is 5.75 Å². The Balaban J connectivity index is 1.95. The Hall–Kier alpha value is -4.66. The highest BCUT2D eigenvalue weighted by atomic mass is 16.6. The first kappa shape index (κ1) is 26.9. The molecule has 0 aliphatic carbocycles. The Kier molecular flexibility index (Phi) is 8.99. The predicted molar refractivity (Wildman–Crippen MR) is 140 cm³/mol. The van der Waals surface area contributed by atoms with E-state index in [4.69, 9.17) is 15.9 Å². The monoisotopic (exact) mass is 502 g/mol. The Morgan fingerprint density at radius 2 is 1.68 bits per heavy atom. The van der Waals surface area contributed by atoms with Gasteiger partial charge in [-0.1, -0.05) is 42.0 Å². The molecule has 0 aromatic heterocycles. The zero-order valence-corrected chi connectivity index (χ0v) is 21.0. The minimum Gasteiger partial charge on any atom is -0.481 e. The summed E-state index contributed by atoms with van der Waals surface area (Å²) in [5.74, 6) is -1.62. The average Bonchev–Trinajstić information content (AvgIpc) is 2.85. The van der Waals surface area contributed by atoms with E-state index in [1.54, 1.807) is 24.3 Å². The van der Waals surface area contributed by atoms with Gasteiger partial charge < -0.3 is 25.8 Å². The first-order chi connectivity index (χ1) is 17.6. The van der Waals surface area contributed by atoms with Crippen molar-refractivity contribution in [3.63, 3.8) is 0 Å². The van der Waals surface area contributed by atoms with Crippen molar-refractivity contribution < 1.29 is 23.9 Å². The summed E-state index contributed by atoms with van der Waals surface area (Å²) in [7, 11) is 0. The maximum Gasteiger partial charge on any atom is 0.351 e. The van der Waals surface area contributed by atoms with Gasteiger partial charge in [0.1, 0.15) is 17.6 Å². The van der Waals surface area contributed by atoms with E-state index in [9.17, 15) is 14.4 Å². The molecule has 0 radical (unpaired) electrons. The van der Waals surface area contributed by atoms with Crippen LogP contribution in [0.5, 0.6) is 5.75 Å². The number of hydrogen-bond acceptors (Lipinski definition) is 7. The Morgan fingerprint density at radius 1 is 1.00 bits per heavy atom. The van der Waals surface area contributed by atoms with Gasteiger partial charge in [-0.15, -0.1) is 0 Å². The molecule has 0 heterocycles. The SMILES string of the molecule is CC(=O)OC(=O)COc1c(C)cc(C)cc1C(Nc1ccc(C(=N)N)cc1)C(=O)NCc1ccccc1. The molecule has 5 N–H and O–H groups in total. The number of rotatable bonds is 10. The van der Waals surface area contributed by atoms with E-state index < -0.39 is 24.6 Å². The molecule has 9 heteroatoms. The molecule has 192 valence electrons. The van der Waals surface area contributed by atoms with Crippen molar-refractivity contribution in [2.24, 2.45) is 5.73 Å². The van der Waals surface area contributed by atoms with E-state index in [0.29, 0.717) is 34.7 Å². The van der Waals surface area contributed by atoms with Crippen LogP contribution in [-0.4, -0.2) is 30.3 Å². The number of anilines is 1. The van der Waals surface area contributed by atoms with Crippen LogP contribution in [0.4, 0.5) is 5.69 Å². The normalized spacial score (nSPS) is 11.2. The van der Waals surface area contributed by atoms with Crippen LogP contribution >= 0.6 is 0 Å². The van der Waals surface area contributed by atoms with E-state index in [0.717, 1.165) is 18.1 Å². The quantitative estimate of drug-likeness (QED) is 0.144. The van der Waals surface area contributed by atoms with E-state index >= 15 is 0 Å². The number of hydrogen-bond donors (Lipinski definition) is 4. The molecule has 3 aromatic rings.